The molecule has 0 spiro atoms. The fourth-order valence-corrected chi connectivity index (χ4v) is 2.12. The zero-order valence-corrected chi connectivity index (χ0v) is 10.8. The van der Waals surface area contributed by atoms with Crippen LogP contribution in [0.5, 0.6) is 0 Å². The minimum Gasteiger partial charge on any atom is -0.478 e. The highest BCUT2D eigenvalue weighted by atomic mass is 16.4. The van der Waals surface area contributed by atoms with Crippen molar-refractivity contribution >= 4 is 5.97 Å². The molecular weight excluding hydrogens is 218 g/mol. The van der Waals surface area contributed by atoms with E-state index < -0.39 is 11.6 Å². The highest BCUT2D eigenvalue weighted by molar-refractivity contribution is 5.86. The van der Waals surface area contributed by atoms with Crippen molar-refractivity contribution in [3.8, 4) is 0 Å². The standard InChI is InChI=1S/C13H23NO3/c1-3-11(12(15)16)5-9-14-8-4-6-13(2,17)7-10-14/h5,17H,3-4,6-10H2,1-2H3,(H,15,16). The summed E-state index contributed by atoms with van der Waals surface area (Å²) in [5.74, 6) is -0.825. The van der Waals surface area contributed by atoms with Gasteiger partial charge >= 0.3 is 5.97 Å². The Labute approximate surface area is 103 Å². The number of likely N-dealkylation sites (tertiary alicyclic amines) is 1. The molecule has 1 aliphatic rings. The molecule has 0 aliphatic carbocycles. The summed E-state index contributed by atoms with van der Waals surface area (Å²) in [7, 11) is 0. The summed E-state index contributed by atoms with van der Waals surface area (Å²) in [6, 6.07) is 0. The summed E-state index contributed by atoms with van der Waals surface area (Å²) in [5, 5.41) is 18.9. The maximum atomic E-state index is 10.8. The molecule has 1 heterocycles. The van der Waals surface area contributed by atoms with Crippen LogP contribution < -0.4 is 0 Å². The second-order valence-corrected chi connectivity index (χ2v) is 5.04. The van der Waals surface area contributed by atoms with Crippen LogP contribution in [0, 0.1) is 0 Å². The van der Waals surface area contributed by atoms with E-state index in [4.69, 9.17) is 5.11 Å². The van der Waals surface area contributed by atoms with Crippen molar-refractivity contribution in [3.63, 3.8) is 0 Å². The third-order valence-electron chi connectivity index (χ3n) is 3.41. The molecule has 0 aromatic carbocycles. The van der Waals surface area contributed by atoms with E-state index in [1.165, 1.54) is 0 Å². The summed E-state index contributed by atoms with van der Waals surface area (Å²) < 4.78 is 0. The number of hydrogen-bond acceptors (Lipinski definition) is 3. The van der Waals surface area contributed by atoms with Gasteiger partial charge in [-0.05, 0) is 39.2 Å². The molecule has 98 valence electrons. The SMILES string of the molecule is CCC(=CCN1CCCC(C)(O)CC1)C(=O)O. The van der Waals surface area contributed by atoms with Gasteiger partial charge in [0.25, 0.3) is 0 Å². The Hall–Kier alpha value is -0.870. The Balaban J connectivity index is 2.50. The van der Waals surface area contributed by atoms with E-state index in [0.717, 1.165) is 32.4 Å². The third-order valence-corrected chi connectivity index (χ3v) is 3.41. The van der Waals surface area contributed by atoms with Crippen LogP contribution in [0.25, 0.3) is 0 Å². The van der Waals surface area contributed by atoms with Gasteiger partial charge in [-0.25, -0.2) is 4.79 Å². The maximum absolute atomic E-state index is 10.8. The molecule has 1 rings (SSSR count). The van der Waals surface area contributed by atoms with E-state index in [1.54, 1.807) is 6.08 Å². The van der Waals surface area contributed by atoms with Crippen LogP contribution in [-0.2, 0) is 4.79 Å². The van der Waals surface area contributed by atoms with Crippen LogP contribution >= 0.6 is 0 Å². The van der Waals surface area contributed by atoms with Crippen molar-refractivity contribution < 1.29 is 15.0 Å². The lowest BCUT2D eigenvalue weighted by Gasteiger charge is -2.21. The van der Waals surface area contributed by atoms with Gasteiger partial charge in [0.15, 0.2) is 0 Å². The van der Waals surface area contributed by atoms with E-state index in [-0.39, 0.29) is 0 Å². The van der Waals surface area contributed by atoms with E-state index >= 15 is 0 Å². The lowest BCUT2D eigenvalue weighted by molar-refractivity contribution is -0.132. The van der Waals surface area contributed by atoms with Gasteiger partial charge in [-0.3, -0.25) is 4.90 Å². The average molecular weight is 241 g/mol. The molecule has 0 aromatic rings. The van der Waals surface area contributed by atoms with Crippen LogP contribution in [0.2, 0.25) is 0 Å². The first-order valence-corrected chi connectivity index (χ1v) is 6.31. The number of rotatable bonds is 4. The van der Waals surface area contributed by atoms with E-state index in [9.17, 15) is 9.90 Å². The summed E-state index contributed by atoms with van der Waals surface area (Å²) in [5.41, 5.74) is -0.0835. The molecule has 1 saturated heterocycles. The van der Waals surface area contributed by atoms with Crippen molar-refractivity contribution in [2.24, 2.45) is 0 Å². The second kappa shape index (κ2) is 6.17. The monoisotopic (exact) mass is 241 g/mol. The average Bonchev–Trinajstić information content (AvgIpc) is 2.40. The minimum absolute atomic E-state index is 0.473. The number of aliphatic hydroxyl groups is 1. The molecule has 2 N–H and O–H groups in total. The topological polar surface area (TPSA) is 60.8 Å². The zero-order valence-electron chi connectivity index (χ0n) is 10.8. The van der Waals surface area contributed by atoms with Crippen LogP contribution in [0.4, 0.5) is 0 Å². The number of carbonyl (C=O) groups is 1. The van der Waals surface area contributed by atoms with Crippen molar-refractivity contribution in [2.45, 2.75) is 45.1 Å². The van der Waals surface area contributed by atoms with Gasteiger partial charge in [0, 0.05) is 18.7 Å². The molecule has 1 atom stereocenters. The van der Waals surface area contributed by atoms with E-state index in [2.05, 4.69) is 4.90 Å². The molecule has 4 heteroatoms. The minimum atomic E-state index is -0.825. The second-order valence-electron chi connectivity index (χ2n) is 5.04. The summed E-state index contributed by atoms with van der Waals surface area (Å²) >= 11 is 0. The smallest absolute Gasteiger partial charge is 0.331 e. The number of carboxylic acids is 1. The molecule has 1 unspecified atom stereocenters. The van der Waals surface area contributed by atoms with Crippen LogP contribution in [-0.4, -0.2) is 46.3 Å². The lowest BCUT2D eigenvalue weighted by atomic mass is 9.98. The van der Waals surface area contributed by atoms with Crippen molar-refractivity contribution in [1.82, 2.24) is 4.90 Å². The van der Waals surface area contributed by atoms with E-state index in [0.29, 0.717) is 18.5 Å². The Kier molecular flexibility index (Phi) is 5.15. The van der Waals surface area contributed by atoms with Crippen LogP contribution in [0.1, 0.15) is 39.5 Å². The Bertz CT molecular complexity index is 297. The van der Waals surface area contributed by atoms with Gasteiger partial charge in [-0.1, -0.05) is 13.0 Å². The summed E-state index contributed by atoms with van der Waals surface area (Å²) in [4.78, 5) is 13.1. The van der Waals surface area contributed by atoms with Gasteiger partial charge in [0.05, 0.1) is 5.60 Å². The molecule has 4 nitrogen and oxygen atoms in total. The summed E-state index contributed by atoms with van der Waals surface area (Å²) in [6.45, 7) is 6.17. The molecule has 17 heavy (non-hydrogen) atoms. The maximum Gasteiger partial charge on any atom is 0.331 e. The molecule has 0 radical (unpaired) electrons. The number of carboxylic acid groups (broad SMARTS) is 1. The highest BCUT2D eigenvalue weighted by Crippen LogP contribution is 2.21. The van der Waals surface area contributed by atoms with Crippen molar-refractivity contribution in [3.05, 3.63) is 11.6 Å². The first-order chi connectivity index (χ1) is 7.94. The van der Waals surface area contributed by atoms with Gasteiger partial charge in [0.2, 0.25) is 0 Å². The fourth-order valence-electron chi connectivity index (χ4n) is 2.12. The molecule has 0 saturated carbocycles. The lowest BCUT2D eigenvalue weighted by Crippen LogP contribution is -2.28. The Morgan fingerprint density at radius 1 is 1.41 bits per heavy atom. The van der Waals surface area contributed by atoms with Gasteiger partial charge in [-0.2, -0.15) is 0 Å². The molecule has 1 aliphatic heterocycles. The van der Waals surface area contributed by atoms with Crippen molar-refractivity contribution in [2.75, 3.05) is 19.6 Å². The molecule has 0 bridgehead atoms. The Morgan fingerprint density at radius 3 is 2.71 bits per heavy atom. The zero-order chi connectivity index (χ0) is 12.9. The van der Waals surface area contributed by atoms with Crippen LogP contribution in [0.15, 0.2) is 11.6 Å². The number of nitrogens with zero attached hydrogens (tertiary/aromatic N) is 1. The summed E-state index contributed by atoms with van der Waals surface area (Å²) in [6.07, 6.45) is 4.90. The fraction of sp³-hybridized carbons (Fsp3) is 0.769. The molecule has 1 fully saturated rings. The van der Waals surface area contributed by atoms with Crippen LogP contribution in [0.3, 0.4) is 0 Å². The molecule has 0 aromatic heterocycles. The highest BCUT2D eigenvalue weighted by Gasteiger charge is 2.24. The number of aliphatic carboxylic acids is 1. The van der Waals surface area contributed by atoms with Gasteiger partial charge in [0.1, 0.15) is 0 Å². The predicted molar refractivity (Wildman–Crippen MR) is 66.9 cm³/mol. The van der Waals surface area contributed by atoms with Gasteiger partial charge in [-0.15, -0.1) is 0 Å². The van der Waals surface area contributed by atoms with Crippen molar-refractivity contribution in [1.29, 1.82) is 0 Å². The third kappa shape index (κ3) is 4.88. The normalized spacial score (nSPS) is 27.8. The first-order valence-electron chi connectivity index (χ1n) is 6.31. The number of hydrogen-bond donors (Lipinski definition) is 2. The predicted octanol–water partition coefficient (Wildman–Crippen LogP) is 1.64. The Morgan fingerprint density at radius 2 is 2.12 bits per heavy atom. The quantitative estimate of drug-likeness (QED) is 0.735. The molecule has 0 amide bonds. The van der Waals surface area contributed by atoms with E-state index in [1.807, 2.05) is 13.8 Å². The largest absolute Gasteiger partial charge is 0.478 e. The van der Waals surface area contributed by atoms with Gasteiger partial charge < -0.3 is 10.2 Å². The molecular formula is C13H23NO3. The first kappa shape index (κ1) is 14.2.